The number of carboxylic acids is 1. The van der Waals surface area contributed by atoms with E-state index < -0.39 is 17.3 Å². The molecule has 4 nitrogen and oxygen atoms in total. The highest BCUT2D eigenvalue weighted by Crippen LogP contribution is 2.21. The van der Waals surface area contributed by atoms with Crippen molar-refractivity contribution in [3.05, 3.63) is 67.8 Å². The number of nitrogens with zero attached hydrogens (tertiary/aromatic N) is 1. The van der Waals surface area contributed by atoms with Gasteiger partial charge in [0.25, 0.3) is 5.56 Å². The molecule has 21 heavy (non-hydrogen) atoms. The van der Waals surface area contributed by atoms with Crippen LogP contribution < -0.4 is 5.56 Å². The molecule has 0 aliphatic carbocycles. The van der Waals surface area contributed by atoms with Crippen LogP contribution in [0.1, 0.15) is 27.2 Å². The van der Waals surface area contributed by atoms with Gasteiger partial charge in [-0.05, 0) is 37.1 Å². The molecular weight excluding hydrogens is 297 g/mol. The van der Waals surface area contributed by atoms with E-state index in [1.807, 2.05) is 0 Å². The van der Waals surface area contributed by atoms with Crippen molar-refractivity contribution in [1.82, 2.24) is 4.57 Å². The number of carbonyl (C=O) groups is 1. The van der Waals surface area contributed by atoms with E-state index in [2.05, 4.69) is 0 Å². The minimum atomic E-state index is -1.28. The third-order valence-corrected chi connectivity index (χ3v) is 3.70. The number of benzene rings is 1. The van der Waals surface area contributed by atoms with Crippen molar-refractivity contribution in [1.29, 1.82) is 0 Å². The van der Waals surface area contributed by atoms with Crippen molar-refractivity contribution in [2.75, 3.05) is 0 Å². The third kappa shape index (κ3) is 2.83. The second-order valence-corrected chi connectivity index (χ2v) is 5.13. The van der Waals surface area contributed by atoms with Gasteiger partial charge in [0, 0.05) is 5.69 Å². The van der Waals surface area contributed by atoms with Crippen LogP contribution in [0.15, 0.2) is 29.1 Å². The zero-order valence-corrected chi connectivity index (χ0v) is 12.2. The molecule has 0 atom stereocenters. The molecule has 0 aliphatic rings. The molecule has 0 radical (unpaired) electrons. The molecule has 1 heterocycles. The molecule has 6 heteroatoms. The standard InChI is InChI=1S/C15H13ClFNO3/c1-8-6-9(2)18(14(19)12(8)15(20)21)7-10-4-3-5-11(17)13(10)16/h3-6H,7H2,1-2H3,(H,20,21). The van der Waals surface area contributed by atoms with E-state index in [-0.39, 0.29) is 17.1 Å². The Kier molecular flexibility index (Phi) is 4.14. The fourth-order valence-electron chi connectivity index (χ4n) is 2.22. The number of aromatic nitrogens is 1. The molecule has 0 fully saturated rings. The molecule has 0 spiro atoms. The maximum atomic E-state index is 13.4. The number of carboxylic acid groups (broad SMARTS) is 1. The number of halogens is 2. The normalized spacial score (nSPS) is 10.7. The van der Waals surface area contributed by atoms with Crippen LogP contribution in [0, 0.1) is 19.7 Å². The summed E-state index contributed by atoms with van der Waals surface area (Å²) in [6.45, 7) is 3.27. The topological polar surface area (TPSA) is 59.3 Å². The highest BCUT2D eigenvalue weighted by molar-refractivity contribution is 6.31. The molecule has 0 unspecified atom stereocenters. The Labute approximate surface area is 125 Å². The molecule has 0 amide bonds. The van der Waals surface area contributed by atoms with Crippen molar-refractivity contribution in [2.45, 2.75) is 20.4 Å². The SMILES string of the molecule is Cc1cc(C)n(Cc2cccc(F)c2Cl)c(=O)c1C(=O)O. The average molecular weight is 310 g/mol. The van der Waals surface area contributed by atoms with E-state index in [0.717, 1.165) is 0 Å². The monoisotopic (exact) mass is 309 g/mol. The molecule has 1 aromatic heterocycles. The van der Waals surface area contributed by atoms with Gasteiger partial charge in [-0.3, -0.25) is 4.79 Å². The lowest BCUT2D eigenvalue weighted by Crippen LogP contribution is -2.29. The maximum absolute atomic E-state index is 13.4. The quantitative estimate of drug-likeness (QED) is 0.948. The largest absolute Gasteiger partial charge is 0.477 e. The summed E-state index contributed by atoms with van der Waals surface area (Å²) in [6, 6.07) is 5.91. The first-order valence-electron chi connectivity index (χ1n) is 6.20. The summed E-state index contributed by atoms with van der Waals surface area (Å²) in [7, 11) is 0. The fourth-order valence-corrected chi connectivity index (χ4v) is 2.41. The number of aryl methyl sites for hydroxylation is 2. The Morgan fingerprint density at radius 1 is 1.38 bits per heavy atom. The third-order valence-electron chi connectivity index (χ3n) is 3.28. The summed E-state index contributed by atoms with van der Waals surface area (Å²) in [6.07, 6.45) is 0. The highest BCUT2D eigenvalue weighted by Gasteiger charge is 2.17. The smallest absolute Gasteiger partial charge is 0.341 e. The van der Waals surface area contributed by atoms with Gasteiger partial charge in [-0.1, -0.05) is 23.7 Å². The van der Waals surface area contributed by atoms with E-state index in [1.165, 1.54) is 16.7 Å². The lowest BCUT2D eigenvalue weighted by molar-refractivity contribution is 0.0693. The zero-order valence-electron chi connectivity index (χ0n) is 11.5. The van der Waals surface area contributed by atoms with Crippen LogP contribution in [-0.2, 0) is 6.54 Å². The van der Waals surface area contributed by atoms with Crippen molar-refractivity contribution in [2.24, 2.45) is 0 Å². The minimum absolute atomic E-state index is 0.0157. The Balaban J connectivity index is 2.60. The number of aromatic carboxylic acids is 1. The predicted molar refractivity (Wildman–Crippen MR) is 77.6 cm³/mol. The van der Waals surface area contributed by atoms with Crippen molar-refractivity contribution < 1.29 is 14.3 Å². The summed E-state index contributed by atoms with van der Waals surface area (Å²) in [4.78, 5) is 23.5. The first-order valence-corrected chi connectivity index (χ1v) is 6.58. The Bertz CT molecular complexity index is 783. The Morgan fingerprint density at radius 3 is 2.67 bits per heavy atom. The van der Waals surface area contributed by atoms with Crippen LogP contribution in [0.2, 0.25) is 5.02 Å². The van der Waals surface area contributed by atoms with Crippen LogP contribution >= 0.6 is 11.6 Å². The molecule has 110 valence electrons. The van der Waals surface area contributed by atoms with Crippen molar-refractivity contribution in [3.8, 4) is 0 Å². The highest BCUT2D eigenvalue weighted by atomic mass is 35.5. The Hall–Kier alpha value is -2.14. The molecular formula is C15H13ClFNO3. The summed E-state index contributed by atoms with van der Waals surface area (Å²) in [5.74, 6) is -1.86. The molecule has 0 aliphatic heterocycles. The van der Waals surface area contributed by atoms with E-state index in [9.17, 15) is 14.0 Å². The number of hydrogen-bond donors (Lipinski definition) is 1. The number of pyridine rings is 1. The minimum Gasteiger partial charge on any atom is -0.477 e. The van der Waals surface area contributed by atoms with Crippen LogP contribution in [0.25, 0.3) is 0 Å². The van der Waals surface area contributed by atoms with E-state index in [4.69, 9.17) is 16.7 Å². The molecule has 2 rings (SSSR count). The van der Waals surface area contributed by atoms with Gasteiger partial charge in [0.15, 0.2) is 0 Å². The first kappa shape index (κ1) is 15.3. The average Bonchev–Trinajstić information content (AvgIpc) is 2.38. The van der Waals surface area contributed by atoms with Crippen molar-refractivity contribution >= 4 is 17.6 Å². The molecule has 0 saturated heterocycles. The van der Waals surface area contributed by atoms with Gasteiger partial charge in [-0.25, -0.2) is 9.18 Å². The van der Waals surface area contributed by atoms with Crippen LogP contribution in [0.3, 0.4) is 0 Å². The lowest BCUT2D eigenvalue weighted by atomic mass is 10.1. The van der Waals surface area contributed by atoms with Gasteiger partial charge in [0.2, 0.25) is 0 Å². The second-order valence-electron chi connectivity index (χ2n) is 4.75. The van der Waals surface area contributed by atoms with Crippen LogP contribution in [0.4, 0.5) is 4.39 Å². The maximum Gasteiger partial charge on any atom is 0.341 e. The lowest BCUT2D eigenvalue weighted by Gasteiger charge is -2.14. The van der Waals surface area contributed by atoms with Gasteiger partial charge in [0.05, 0.1) is 11.6 Å². The van der Waals surface area contributed by atoms with Gasteiger partial charge in [-0.15, -0.1) is 0 Å². The van der Waals surface area contributed by atoms with Gasteiger partial charge >= 0.3 is 5.97 Å². The van der Waals surface area contributed by atoms with Crippen molar-refractivity contribution in [3.63, 3.8) is 0 Å². The Morgan fingerprint density at radius 2 is 2.05 bits per heavy atom. The summed E-state index contributed by atoms with van der Waals surface area (Å²) in [5, 5.41) is 9.06. The van der Waals surface area contributed by atoms with E-state index >= 15 is 0 Å². The van der Waals surface area contributed by atoms with E-state index in [1.54, 1.807) is 26.0 Å². The van der Waals surface area contributed by atoms with Crippen LogP contribution in [0.5, 0.6) is 0 Å². The van der Waals surface area contributed by atoms with Gasteiger partial charge < -0.3 is 9.67 Å². The van der Waals surface area contributed by atoms with Crippen LogP contribution in [-0.4, -0.2) is 15.6 Å². The second kappa shape index (κ2) is 5.69. The molecule has 1 aromatic carbocycles. The van der Waals surface area contributed by atoms with Gasteiger partial charge in [0.1, 0.15) is 11.4 Å². The molecule has 2 aromatic rings. The fraction of sp³-hybridized carbons (Fsp3) is 0.200. The molecule has 0 bridgehead atoms. The number of hydrogen-bond acceptors (Lipinski definition) is 2. The number of rotatable bonds is 3. The summed E-state index contributed by atoms with van der Waals surface area (Å²) < 4.78 is 14.7. The van der Waals surface area contributed by atoms with Gasteiger partial charge in [-0.2, -0.15) is 0 Å². The first-order chi connectivity index (χ1) is 9.82. The summed E-state index contributed by atoms with van der Waals surface area (Å²) >= 11 is 5.87. The summed E-state index contributed by atoms with van der Waals surface area (Å²) in [5.41, 5.74) is 0.491. The predicted octanol–water partition coefficient (Wildman–Crippen LogP) is 3.00. The van der Waals surface area contributed by atoms with E-state index in [0.29, 0.717) is 16.8 Å². The zero-order chi connectivity index (χ0) is 15.7. The molecule has 1 N–H and O–H groups in total. The molecule has 0 saturated carbocycles.